The smallest absolute Gasteiger partial charge is 0.308 e. The standard InChI is InChI=1S/C9H7FO5/c10-5-2-6-9(15-3-14-6)4(8(5)13)1-7(11)12/h2,13H,1,3H2,(H,11,12). The molecule has 15 heavy (non-hydrogen) atoms. The van der Waals surface area contributed by atoms with E-state index >= 15 is 0 Å². The first-order valence-electron chi connectivity index (χ1n) is 4.11. The summed E-state index contributed by atoms with van der Waals surface area (Å²) in [5.41, 5.74) is -0.102. The molecule has 80 valence electrons. The van der Waals surface area contributed by atoms with Gasteiger partial charge in [-0.05, 0) is 0 Å². The van der Waals surface area contributed by atoms with Gasteiger partial charge in [0.05, 0.1) is 12.0 Å². The van der Waals surface area contributed by atoms with E-state index in [-0.39, 0.29) is 23.9 Å². The number of rotatable bonds is 2. The minimum atomic E-state index is -1.19. The fraction of sp³-hybridized carbons (Fsp3) is 0.222. The zero-order chi connectivity index (χ0) is 11.0. The van der Waals surface area contributed by atoms with Gasteiger partial charge in [0.25, 0.3) is 0 Å². The molecular formula is C9H7FO5. The molecule has 0 aliphatic carbocycles. The van der Waals surface area contributed by atoms with Crippen LogP contribution in [0.25, 0.3) is 0 Å². The van der Waals surface area contributed by atoms with E-state index in [0.29, 0.717) is 0 Å². The van der Waals surface area contributed by atoms with Crippen molar-refractivity contribution in [3.05, 3.63) is 17.4 Å². The molecule has 0 bridgehead atoms. The second-order valence-electron chi connectivity index (χ2n) is 2.99. The first-order valence-corrected chi connectivity index (χ1v) is 4.11. The van der Waals surface area contributed by atoms with Crippen LogP contribution in [-0.4, -0.2) is 23.0 Å². The number of carboxylic acids is 1. The normalized spacial score (nSPS) is 12.9. The first-order chi connectivity index (χ1) is 7.09. The molecule has 1 aliphatic rings. The molecule has 6 heteroatoms. The van der Waals surface area contributed by atoms with E-state index in [0.717, 1.165) is 6.07 Å². The summed E-state index contributed by atoms with van der Waals surface area (Å²) in [6.07, 6.45) is -0.519. The second kappa shape index (κ2) is 3.30. The number of phenols is 1. The van der Waals surface area contributed by atoms with Crippen molar-refractivity contribution in [1.82, 2.24) is 0 Å². The SMILES string of the molecule is O=C(O)Cc1c(O)c(F)cc2c1OCO2. The first kappa shape index (κ1) is 9.57. The number of hydrogen-bond donors (Lipinski definition) is 2. The summed E-state index contributed by atoms with van der Waals surface area (Å²) < 4.78 is 23.0. The summed E-state index contributed by atoms with van der Waals surface area (Å²) in [7, 11) is 0. The minimum absolute atomic E-state index is 0.0938. The Morgan fingerprint density at radius 2 is 2.27 bits per heavy atom. The summed E-state index contributed by atoms with van der Waals surface area (Å²) in [6.45, 7) is -0.106. The van der Waals surface area contributed by atoms with Crippen molar-refractivity contribution < 1.29 is 28.9 Å². The van der Waals surface area contributed by atoms with Crippen LogP contribution in [0.5, 0.6) is 17.2 Å². The zero-order valence-corrected chi connectivity index (χ0v) is 7.49. The summed E-state index contributed by atoms with van der Waals surface area (Å²) in [6, 6.07) is 0.961. The monoisotopic (exact) mass is 214 g/mol. The molecule has 1 aromatic rings. The van der Waals surface area contributed by atoms with Crippen LogP contribution in [0.2, 0.25) is 0 Å². The largest absolute Gasteiger partial charge is 0.505 e. The highest BCUT2D eigenvalue weighted by atomic mass is 19.1. The van der Waals surface area contributed by atoms with Crippen molar-refractivity contribution in [2.24, 2.45) is 0 Å². The lowest BCUT2D eigenvalue weighted by Crippen LogP contribution is -2.03. The Hall–Kier alpha value is -1.98. The number of fused-ring (bicyclic) bond motifs is 1. The maximum Gasteiger partial charge on any atom is 0.308 e. The maximum absolute atomic E-state index is 13.1. The molecule has 0 spiro atoms. The molecule has 0 unspecified atom stereocenters. The number of halogens is 1. The van der Waals surface area contributed by atoms with Crippen LogP contribution < -0.4 is 9.47 Å². The van der Waals surface area contributed by atoms with Gasteiger partial charge in [-0.25, -0.2) is 4.39 Å². The Bertz CT molecular complexity index is 429. The van der Waals surface area contributed by atoms with Gasteiger partial charge in [0.1, 0.15) is 0 Å². The summed E-state index contributed by atoms with van der Waals surface area (Å²) in [5.74, 6) is -2.61. The Kier molecular flexibility index (Phi) is 2.11. The maximum atomic E-state index is 13.1. The molecule has 2 N–H and O–H groups in total. The molecule has 0 fully saturated rings. The van der Waals surface area contributed by atoms with Crippen LogP contribution in [0, 0.1) is 5.82 Å². The quantitative estimate of drug-likeness (QED) is 0.764. The molecule has 0 radical (unpaired) electrons. The average Bonchev–Trinajstić information content (AvgIpc) is 2.59. The summed E-state index contributed by atoms with van der Waals surface area (Å²) >= 11 is 0. The highest BCUT2D eigenvalue weighted by Crippen LogP contribution is 2.42. The molecule has 1 heterocycles. The second-order valence-corrected chi connectivity index (χ2v) is 2.99. The van der Waals surface area contributed by atoms with Crippen LogP contribution in [0.4, 0.5) is 4.39 Å². The number of benzene rings is 1. The highest BCUT2D eigenvalue weighted by molar-refractivity contribution is 5.74. The van der Waals surface area contributed by atoms with Crippen molar-refractivity contribution in [2.45, 2.75) is 6.42 Å². The summed E-state index contributed by atoms with van der Waals surface area (Å²) in [4.78, 5) is 10.5. The van der Waals surface area contributed by atoms with Crippen molar-refractivity contribution in [3.63, 3.8) is 0 Å². The molecule has 0 amide bonds. The number of aromatic hydroxyl groups is 1. The van der Waals surface area contributed by atoms with Gasteiger partial charge in [-0.15, -0.1) is 0 Å². The van der Waals surface area contributed by atoms with Crippen molar-refractivity contribution >= 4 is 5.97 Å². The van der Waals surface area contributed by atoms with Gasteiger partial charge in [-0.3, -0.25) is 4.79 Å². The molecule has 5 nitrogen and oxygen atoms in total. The molecular weight excluding hydrogens is 207 g/mol. The lowest BCUT2D eigenvalue weighted by molar-refractivity contribution is -0.136. The van der Waals surface area contributed by atoms with Crippen molar-refractivity contribution in [2.75, 3.05) is 6.79 Å². The van der Waals surface area contributed by atoms with Crippen LogP contribution in [-0.2, 0) is 11.2 Å². The number of ether oxygens (including phenoxy) is 2. The van der Waals surface area contributed by atoms with Crippen molar-refractivity contribution in [3.8, 4) is 17.2 Å². The predicted molar refractivity (Wildman–Crippen MR) is 45.5 cm³/mol. The third-order valence-electron chi connectivity index (χ3n) is 2.01. The van der Waals surface area contributed by atoms with Gasteiger partial charge in [0.15, 0.2) is 23.1 Å². The van der Waals surface area contributed by atoms with Crippen molar-refractivity contribution in [1.29, 1.82) is 0 Å². The van der Waals surface area contributed by atoms with Gasteiger partial charge < -0.3 is 19.7 Å². The van der Waals surface area contributed by atoms with E-state index in [4.69, 9.17) is 14.6 Å². The third-order valence-corrected chi connectivity index (χ3v) is 2.01. The lowest BCUT2D eigenvalue weighted by Gasteiger charge is -2.06. The predicted octanol–water partition coefficient (Wildman–Crippen LogP) is 0.887. The zero-order valence-electron chi connectivity index (χ0n) is 7.49. The topological polar surface area (TPSA) is 76.0 Å². The molecule has 0 atom stereocenters. The van der Waals surface area contributed by atoms with E-state index in [1.807, 2.05) is 0 Å². The number of aliphatic carboxylic acids is 1. The molecule has 0 saturated carbocycles. The molecule has 1 aromatic carbocycles. The van der Waals surface area contributed by atoms with E-state index < -0.39 is 24.0 Å². The highest BCUT2D eigenvalue weighted by Gasteiger charge is 2.25. The molecule has 1 aliphatic heterocycles. The van der Waals surface area contributed by atoms with E-state index in [9.17, 15) is 14.3 Å². The molecule has 0 saturated heterocycles. The number of hydrogen-bond acceptors (Lipinski definition) is 4. The van der Waals surface area contributed by atoms with Crippen LogP contribution in [0.3, 0.4) is 0 Å². The van der Waals surface area contributed by atoms with Crippen LogP contribution >= 0.6 is 0 Å². The number of carbonyl (C=O) groups is 1. The average molecular weight is 214 g/mol. The Morgan fingerprint density at radius 1 is 1.53 bits per heavy atom. The third kappa shape index (κ3) is 1.54. The van der Waals surface area contributed by atoms with Gasteiger partial charge in [-0.1, -0.05) is 0 Å². The number of carboxylic acid groups (broad SMARTS) is 1. The van der Waals surface area contributed by atoms with Gasteiger partial charge in [0, 0.05) is 6.07 Å². The fourth-order valence-electron chi connectivity index (χ4n) is 1.38. The van der Waals surface area contributed by atoms with E-state index in [1.165, 1.54) is 0 Å². The molecule has 0 aromatic heterocycles. The summed E-state index contributed by atoms with van der Waals surface area (Å²) in [5, 5.41) is 17.9. The fourth-order valence-corrected chi connectivity index (χ4v) is 1.38. The van der Waals surface area contributed by atoms with Crippen LogP contribution in [0.15, 0.2) is 6.07 Å². The number of phenolic OH excluding ortho intramolecular Hbond substituents is 1. The Labute approximate surface area is 83.7 Å². The van der Waals surface area contributed by atoms with E-state index in [2.05, 4.69) is 0 Å². The minimum Gasteiger partial charge on any atom is -0.505 e. The molecule has 2 rings (SSSR count). The van der Waals surface area contributed by atoms with E-state index in [1.54, 1.807) is 0 Å². The van der Waals surface area contributed by atoms with Gasteiger partial charge >= 0.3 is 5.97 Å². The Morgan fingerprint density at radius 3 is 2.93 bits per heavy atom. The van der Waals surface area contributed by atoms with Gasteiger partial charge in [-0.2, -0.15) is 0 Å². The van der Waals surface area contributed by atoms with Gasteiger partial charge in [0.2, 0.25) is 6.79 Å². The Balaban J connectivity index is 2.55. The van der Waals surface area contributed by atoms with Crippen LogP contribution in [0.1, 0.15) is 5.56 Å². The lowest BCUT2D eigenvalue weighted by atomic mass is 10.1.